The maximum Gasteiger partial charge on any atom is 0.326 e. The van der Waals surface area contributed by atoms with Gasteiger partial charge < -0.3 is 20.3 Å². The smallest absolute Gasteiger partial charge is 0.326 e. The fourth-order valence-corrected chi connectivity index (χ4v) is 2.84. The van der Waals surface area contributed by atoms with Gasteiger partial charge in [-0.25, -0.2) is 4.98 Å². The Morgan fingerprint density at radius 2 is 2.10 bits per heavy atom. The van der Waals surface area contributed by atoms with Gasteiger partial charge in [0.05, 0.1) is 18.9 Å². The summed E-state index contributed by atoms with van der Waals surface area (Å²) in [5.74, 6) is 0.310. The van der Waals surface area contributed by atoms with Crippen molar-refractivity contribution in [3.8, 4) is 22.1 Å². The van der Waals surface area contributed by atoms with Gasteiger partial charge in [0.25, 0.3) is 0 Å². The van der Waals surface area contributed by atoms with E-state index in [2.05, 4.69) is 4.98 Å². The lowest BCUT2D eigenvalue weighted by Crippen LogP contribution is -2.20. The summed E-state index contributed by atoms with van der Waals surface area (Å²) in [7, 11) is 0. The van der Waals surface area contributed by atoms with Gasteiger partial charge in [-0.05, 0) is 18.2 Å². The first-order chi connectivity index (χ1) is 10.1. The van der Waals surface area contributed by atoms with Crippen molar-refractivity contribution in [2.75, 3.05) is 13.2 Å². The van der Waals surface area contributed by atoms with E-state index in [4.69, 9.17) is 20.3 Å². The Kier molecular flexibility index (Phi) is 3.76. The van der Waals surface area contributed by atoms with Crippen molar-refractivity contribution in [3.63, 3.8) is 0 Å². The lowest BCUT2D eigenvalue weighted by molar-refractivity contribution is -0.138. The third kappa shape index (κ3) is 2.84. The van der Waals surface area contributed by atoms with E-state index in [9.17, 15) is 4.79 Å². The van der Waals surface area contributed by atoms with Crippen LogP contribution in [0.4, 0.5) is 0 Å². The van der Waals surface area contributed by atoms with E-state index in [0.29, 0.717) is 29.7 Å². The molecule has 0 aliphatic carbocycles. The average molecular weight is 306 g/mol. The van der Waals surface area contributed by atoms with Crippen molar-refractivity contribution in [1.82, 2.24) is 4.98 Å². The zero-order valence-corrected chi connectivity index (χ0v) is 11.9. The minimum absolute atomic E-state index is 0.356. The second-order valence-corrected chi connectivity index (χ2v) is 5.46. The van der Waals surface area contributed by atoms with Crippen LogP contribution in [0, 0.1) is 0 Å². The zero-order valence-electron chi connectivity index (χ0n) is 11.1. The molecule has 3 rings (SSSR count). The van der Waals surface area contributed by atoms with Crippen molar-refractivity contribution in [1.29, 1.82) is 0 Å². The maximum atomic E-state index is 10.9. The quantitative estimate of drug-likeness (QED) is 0.901. The van der Waals surface area contributed by atoms with Gasteiger partial charge in [-0.1, -0.05) is 0 Å². The highest BCUT2D eigenvalue weighted by Crippen LogP contribution is 2.35. The van der Waals surface area contributed by atoms with E-state index < -0.39 is 12.0 Å². The number of aliphatic carboxylic acids is 1. The average Bonchev–Trinajstić information content (AvgIpc) is 2.85. The van der Waals surface area contributed by atoms with E-state index >= 15 is 0 Å². The topological polar surface area (TPSA) is 94.7 Å². The molecule has 3 N–H and O–H groups in total. The minimum Gasteiger partial charge on any atom is -0.490 e. The molecule has 0 spiro atoms. The highest BCUT2D eigenvalue weighted by Gasteiger charge is 2.19. The molecule has 7 heteroatoms. The van der Waals surface area contributed by atoms with Crippen molar-refractivity contribution >= 4 is 17.3 Å². The molecular formula is C14H14N2O4S. The van der Waals surface area contributed by atoms with Crippen LogP contribution in [0.2, 0.25) is 0 Å². The maximum absolute atomic E-state index is 10.9. The molecule has 6 nitrogen and oxygen atoms in total. The number of hydrogen-bond acceptors (Lipinski definition) is 6. The van der Waals surface area contributed by atoms with Gasteiger partial charge in [-0.2, -0.15) is 0 Å². The number of hydrogen-bond donors (Lipinski definition) is 2. The Hall–Kier alpha value is -2.12. The molecule has 2 heterocycles. The molecule has 1 aliphatic rings. The van der Waals surface area contributed by atoms with Crippen LogP contribution in [0.1, 0.15) is 18.2 Å². The van der Waals surface area contributed by atoms with Crippen LogP contribution < -0.4 is 15.2 Å². The summed E-state index contributed by atoms with van der Waals surface area (Å²) in [6.07, 6.45) is 0.846. The molecule has 0 radical (unpaired) electrons. The molecular weight excluding hydrogens is 292 g/mol. The third-order valence-corrected chi connectivity index (χ3v) is 4.01. The number of rotatable bonds is 3. The fraction of sp³-hybridized carbons (Fsp3) is 0.286. The number of ether oxygens (including phenoxy) is 2. The number of nitrogens with two attached hydrogens (primary N) is 1. The number of carbonyl (C=O) groups is 1. The summed E-state index contributed by atoms with van der Waals surface area (Å²) < 4.78 is 11.2. The van der Waals surface area contributed by atoms with E-state index in [1.54, 1.807) is 5.38 Å². The molecule has 2 aromatic rings. The van der Waals surface area contributed by atoms with Crippen LogP contribution >= 0.6 is 11.3 Å². The Balaban J connectivity index is 1.90. The summed E-state index contributed by atoms with van der Waals surface area (Å²) in [5, 5.41) is 11.3. The van der Waals surface area contributed by atoms with Crippen molar-refractivity contribution in [2.45, 2.75) is 12.5 Å². The van der Waals surface area contributed by atoms with Crippen molar-refractivity contribution in [2.24, 2.45) is 5.73 Å². The zero-order chi connectivity index (χ0) is 14.8. The summed E-state index contributed by atoms with van der Waals surface area (Å²) in [6.45, 7) is 1.25. The second-order valence-electron chi connectivity index (χ2n) is 4.61. The standard InChI is InChI=1S/C14H14N2O4S/c15-12(14(17)18)9-7-21-13(16-9)8-2-3-10-11(6-8)20-5-1-4-19-10/h2-3,6-7,12H,1,4-5,15H2,(H,17,18). The van der Waals surface area contributed by atoms with Crippen LogP contribution in [-0.2, 0) is 4.79 Å². The Morgan fingerprint density at radius 1 is 1.33 bits per heavy atom. The van der Waals surface area contributed by atoms with Crippen LogP contribution in [0.15, 0.2) is 23.6 Å². The van der Waals surface area contributed by atoms with E-state index in [0.717, 1.165) is 17.7 Å². The molecule has 0 saturated carbocycles. The Labute approximate surface area is 125 Å². The van der Waals surface area contributed by atoms with Crippen LogP contribution in [0.5, 0.6) is 11.5 Å². The van der Waals surface area contributed by atoms with Crippen molar-refractivity contribution < 1.29 is 19.4 Å². The molecule has 1 atom stereocenters. The first-order valence-corrected chi connectivity index (χ1v) is 7.37. The molecule has 0 saturated heterocycles. The molecule has 1 unspecified atom stereocenters. The van der Waals surface area contributed by atoms with Gasteiger partial charge in [-0.15, -0.1) is 11.3 Å². The molecule has 21 heavy (non-hydrogen) atoms. The number of nitrogens with zero attached hydrogens (tertiary/aromatic N) is 1. The third-order valence-electron chi connectivity index (χ3n) is 3.10. The summed E-state index contributed by atoms with van der Waals surface area (Å²) in [4.78, 5) is 15.2. The van der Waals surface area contributed by atoms with Crippen LogP contribution in [0.3, 0.4) is 0 Å². The summed E-state index contributed by atoms with van der Waals surface area (Å²) in [5.41, 5.74) is 6.77. The van der Waals surface area contributed by atoms with Gasteiger partial charge in [-0.3, -0.25) is 4.79 Å². The van der Waals surface area contributed by atoms with Gasteiger partial charge >= 0.3 is 5.97 Å². The van der Waals surface area contributed by atoms with Crippen LogP contribution in [0.25, 0.3) is 10.6 Å². The van der Waals surface area contributed by atoms with Crippen LogP contribution in [-0.4, -0.2) is 29.3 Å². The van der Waals surface area contributed by atoms with Gasteiger partial charge in [0.2, 0.25) is 0 Å². The predicted octanol–water partition coefficient (Wildman–Crippen LogP) is 2.06. The SMILES string of the molecule is NC(C(=O)O)c1csc(-c2ccc3c(c2)OCCCO3)n1. The molecule has 1 aromatic carbocycles. The largest absolute Gasteiger partial charge is 0.490 e. The highest BCUT2D eigenvalue weighted by atomic mass is 32.1. The first kappa shape index (κ1) is 13.8. The highest BCUT2D eigenvalue weighted by molar-refractivity contribution is 7.13. The number of benzene rings is 1. The number of carboxylic acid groups (broad SMARTS) is 1. The van der Waals surface area contributed by atoms with E-state index in [1.807, 2.05) is 18.2 Å². The number of thiazole rings is 1. The second kappa shape index (κ2) is 5.71. The fourth-order valence-electron chi connectivity index (χ4n) is 1.98. The molecule has 110 valence electrons. The van der Waals surface area contributed by atoms with E-state index in [1.165, 1.54) is 11.3 Å². The van der Waals surface area contributed by atoms with Gasteiger partial charge in [0.15, 0.2) is 11.5 Å². The molecule has 0 fully saturated rings. The number of carboxylic acids is 1. The predicted molar refractivity (Wildman–Crippen MR) is 77.7 cm³/mol. The van der Waals surface area contributed by atoms with Gasteiger partial charge in [0.1, 0.15) is 11.0 Å². The Morgan fingerprint density at radius 3 is 2.86 bits per heavy atom. The first-order valence-electron chi connectivity index (χ1n) is 6.49. The summed E-state index contributed by atoms with van der Waals surface area (Å²) >= 11 is 1.35. The van der Waals surface area contributed by atoms with Gasteiger partial charge in [0, 0.05) is 17.4 Å². The lowest BCUT2D eigenvalue weighted by Gasteiger charge is -2.08. The monoisotopic (exact) mass is 306 g/mol. The number of aromatic nitrogens is 1. The normalized spacial score (nSPS) is 15.3. The van der Waals surface area contributed by atoms with E-state index in [-0.39, 0.29) is 0 Å². The summed E-state index contributed by atoms with van der Waals surface area (Å²) in [6, 6.07) is 4.47. The number of fused-ring (bicyclic) bond motifs is 1. The van der Waals surface area contributed by atoms with Crippen molar-refractivity contribution in [3.05, 3.63) is 29.3 Å². The minimum atomic E-state index is -1.10. The molecule has 1 aliphatic heterocycles. The molecule has 0 bridgehead atoms. The molecule has 1 aromatic heterocycles. The Bertz CT molecular complexity index is 671. The molecule has 0 amide bonds. The lowest BCUT2D eigenvalue weighted by atomic mass is 10.2.